The Morgan fingerprint density at radius 2 is 1.90 bits per heavy atom. The van der Waals surface area contributed by atoms with E-state index in [1.54, 1.807) is 12.1 Å². The van der Waals surface area contributed by atoms with E-state index in [-0.39, 0.29) is 21.2 Å². The number of hydrogen-bond donors (Lipinski definition) is 1. The van der Waals surface area contributed by atoms with Gasteiger partial charge in [-0.2, -0.15) is 0 Å². The lowest BCUT2D eigenvalue weighted by Gasteiger charge is -2.05. The van der Waals surface area contributed by atoms with Gasteiger partial charge in [-0.25, -0.2) is 13.2 Å². The van der Waals surface area contributed by atoms with Crippen molar-refractivity contribution in [1.29, 1.82) is 0 Å². The Morgan fingerprint density at radius 3 is 2.45 bits per heavy atom. The number of rotatable bonds is 4. The van der Waals surface area contributed by atoms with Crippen LogP contribution in [-0.2, 0) is 15.6 Å². The number of carbonyl (C=O) groups is 1. The normalized spacial score (nSPS) is 11.5. The molecule has 1 aromatic carbocycles. The molecule has 1 heterocycles. The van der Waals surface area contributed by atoms with Gasteiger partial charge in [0.1, 0.15) is 0 Å². The van der Waals surface area contributed by atoms with Crippen molar-refractivity contribution in [3.8, 4) is 0 Å². The highest BCUT2D eigenvalue weighted by atomic mass is 35.5. The molecule has 4 nitrogen and oxygen atoms in total. The summed E-state index contributed by atoms with van der Waals surface area (Å²) in [6.07, 6.45) is 0. The number of benzene rings is 1. The van der Waals surface area contributed by atoms with Crippen LogP contribution in [0, 0.1) is 0 Å². The van der Waals surface area contributed by atoms with Crippen LogP contribution in [0.5, 0.6) is 0 Å². The van der Waals surface area contributed by atoms with Crippen molar-refractivity contribution in [1.82, 2.24) is 0 Å². The maximum atomic E-state index is 12.2. The van der Waals surface area contributed by atoms with Crippen LogP contribution < -0.4 is 0 Å². The van der Waals surface area contributed by atoms with Gasteiger partial charge in [-0.3, -0.25) is 0 Å². The predicted molar refractivity (Wildman–Crippen MR) is 78.6 cm³/mol. The first-order valence-electron chi connectivity index (χ1n) is 5.29. The summed E-state index contributed by atoms with van der Waals surface area (Å²) >= 11 is 12.6. The minimum absolute atomic E-state index is 0.00406. The first kappa shape index (κ1) is 15.3. The number of aromatic carboxylic acids is 1. The second-order valence-corrected chi connectivity index (χ2v) is 8.11. The lowest BCUT2D eigenvalue weighted by atomic mass is 10.2. The summed E-state index contributed by atoms with van der Waals surface area (Å²) in [4.78, 5) is 11.5. The van der Waals surface area contributed by atoms with Gasteiger partial charge in [0.25, 0.3) is 0 Å². The Hall–Kier alpha value is -1.08. The molecule has 1 aromatic heterocycles. The average Bonchev–Trinajstić information content (AvgIpc) is 2.73. The summed E-state index contributed by atoms with van der Waals surface area (Å²) in [5.41, 5.74) is -0.239. The highest BCUT2D eigenvalue weighted by molar-refractivity contribution is 7.90. The molecule has 106 valence electrons. The molecular formula is C12H8Cl2O4S2. The Morgan fingerprint density at radius 1 is 1.20 bits per heavy atom. The zero-order chi connectivity index (χ0) is 14.9. The molecule has 0 aliphatic carbocycles. The van der Waals surface area contributed by atoms with Gasteiger partial charge in [0.05, 0.1) is 25.6 Å². The smallest absolute Gasteiger partial charge is 0.337 e. The molecule has 2 aromatic rings. The van der Waals surface area contributed by atoms with Gasteiger partial charge >= 0.3 is 5.97 Å². The van der Waals surface area contributed by atoms with Crippen molar-refractivity contribution < 1.29 is 18.3 Å². The van der Waals surface area contributed by atoms with E-state index in [2.05, 4.69) is 0 Å². The maximum Gasteiger partial charge on any atom is 0.337 e. The molecule has 0 spiro atoms. The molecule has 20 heavy (non-hydrogen) atoms. The van der Waals surface area contributed by atoms with Crippen LogP contribution in [0.2, 0.25) is 9.36 Å². The fraction of sp³-hybridized carbons (Fsp3) is 0.0833. The third-order valence-corrected chi connectivity index (χ3v) is 5.90. The van der Waals surface area contributed by atoms with E-state index in [9.17, 15) is 13.2 Å². The number of halogens is 2. The van der Waals surface area contributed by atoms with Crippen molar-refractivity contribution in [3.05, 3.63) is 50.1 Å². The molecule has 0 fully saturated rings. The molecule has 1 N–H and O–H groups in total. The fourth-order valence-electron chi connectivity index (χ4n) is 1.56. The Balaban J connectivity index is 2.39. The molecule has 0 saturated carbocycles. The number of carboxylic acids is 1. The van der Waals surface area contributed by atoms with Gasteiger partial charge in [0.2, 0.25) is 0 Å². The van der Waals surface area contributed by atoms with Gasteiger partial charge in [-0.05, 0) is 30.3 Å². The highest BCUT2D eigenvalue weighted by Gasteiger charge is 2.20. The van der Waals surface area contributed by atoms with Crippen LogP contribution in [0.4, 0.5) is 0 Å². The van der Waals surface area contributed by atoms with Crippen molar-refractivity contribution in [2.45, 2.75) is 10.6 Å². The van der Waals surface area contributed by atoms with Crippen LogP contribution in [-0.4, -0.2) is 19.5 Å². The van der Waals surface area contributed by atoms with Crippen molar-refractivity contribution in [2.75, 3.05) is 0 Å². The van der Waals surface area contributed by atoms with Crippen LogP contribution in [0.25, 0.3) is 0 Å². The number of hydrogen-bond acceptors (Lipinski definition) is 4. The minimum atomic E-state index is -3.64. The van der Waals surface area contributed by atoms with Gasteiger partial charge in [0, 0.05) is 4.88 Å². The Labute approximate surface area is 129 Å². The third-order valence-electron chi connectivity index (χ3n) is 2.49. The number of carboxylic acid groups (broad SMARTS) is 1. The van der Waals surface area contributed by atoms with E-state index in [0.717, 1.165) is 6.07 Å². The average molecular weight is 351 g/mol. The van der Waals surface area contributed by atoms with Gasteiger partial charge in [0.15, 0.2) is 9.84 Å². The van der Waals surface area contributed by atoms with Crippen molar-refractivity contribution in [3.63, 3.8) is 0 Å². The fourth-order valence-corrected chi connectivity index (χ4v) is 4.55. The monoisotopic (exact) mass is 350 g/mol. The van der Waals surface area contributed by atoms with Gasteiger partial charge in [-0.15, -0.1) is 11.3 Å². The molecule has 8 heteroatoms. The first-order valence-corrected chi connectivity index (χ1v) is 8.52. The summed E-state index contributed by atoms with van der Waals surface area (Å²) in [5, 5.41) is 8.95. The molecule has 0 radical (unpaired) electrons. The standard InChI is InChI=1S/C12H8Cl2O4S2/c13-10-3-2-8(5-9(10)12(15)16)20(17,18)6-7-1-4-11(14)19-7/h1-5H,6H2,(H,15,16). The topological polar surface area (TPSA) is 71.4 Å². The van der Waals surface area contributed by atoms with Crippen LogP contribution in [0.3, 0.4) is 0 Å². The second-order valence-electron chi connectivity index (χ2n) is 3.91. The van der Waals surface area contributed by atoms with E-state index >= 15 is 0 Å². The largest absolute Gasteiger partial charge is 0.478 e. The number of thiophene rings is 1. The summed E-state index contributed by atoms with van der Waals surface area (Å²) in [7, 11) is -3.64. The first-order chi connectivity index (χ1) is 9.29. The van der Waals surface area contributed by atoms with Gasteiger partial charge < -0.3 is 5.11 Å². The molecule has 0 amide bonds. The zero-order valence-electron chi connectivity index (χ0n) is 9.84. The molecule has 0 aliphatic heterocycles. The molecular weight excluding hydrogens is 343 g/mol. The molecule has 0 aliphatic rings. The summed E-state index contributed by atoms with van der Waals surface area (Å²) in [6, 6.07) is 6.86. The Kier molecular flexibility index (Phi) is 4.39. The summed E-state index contributed by atoms with van der Waals surface area (Å²) in [5.74, 6) is -1.50. The predicted octanol–water partition coefficient (Wildman–Crippen LogP) is 3.73. The van der Waals surface area contributed by atoms with Crippen LogP contribution in [0.15, 0.2) is 35.2 Å². The molecule has 0 atom stereocenters. The molecule has 2 rings (SSSR count). The second kappa shape index (κ2) is 5.73. The SMILES string of the molecule is O=C(O)c1cc(S(=O)(=O)Cc2ccc(Cl)s2)ccc1Cl. The lowest BCUT2D eigenvalue weighted by Crippen LogP contribution is -2.06. The van der Waals surface area contributed by atoms with Crippen molar-refractivity contribution in [2.24, 2.45) is 0 Å². The maximum absolute atomic E-state index is 12.2. The van der Waals surface area contributed by atoms with E-state index < -0.39 is 15.8 Å². The number of sulfone groups is 1. The minimum Gasteiger partial charge on any atom is -0.478 e. The molecule has 0 bridgehead atoms. The zero-order valence-corrected chi connectivity index (χ0v) is 13.0. The van der Waals surface area contributed by atoms with E-state index in [1.807, 2.05) is 0 Å². The highest BCUT2D eigenvalue weighted by Crippen LogP contribution is 2.27. The van der Waals surface area contributed by atoms with Gasteiger partial charge in [-0.1, -0.05) is 23.2 Å². The van der Waals surface area contributed by atoms with E-state index in [0.29, 0.717) is 9.21 Å². The third kappa shape index (κ3) is 3.32. The van der Waals surface area contributed by atoms with E-state index in [4.69, 9.17) is 28.3 Å². The molecule has 0 unspecified atom stereocenters. The summed E-state index contributed by atoms with van der Waals surface area (Å²) < 4.78 is 24.9. The quantitative estimate of drug-likeness (QED) is 0.911. The molecule has 0 saturated heterocycles. The Bertz CT molecular complexity index is 766. The van der Waals surface area contributed by atoms with Crippen molar-refractivity contribution >= 4 is 50.3 Å². The van der Waals surface area contributed by atoms with Crippen LogP contribution >= 0.6 is 34.5 Å². The summed E-state index contributed by atoms with van der Waals surface area (Å²) in [6.45, 7) is 0. The van der Waals surface area contributed by atoms with Crippen LogP contribution in [0.1, 0.15) is 15.2 Å². The lowest BCUT2D eigenvalue weighted by molar-refractivity contribution is 0.0697. The van der Waals surface area contributed by atoms with E-state index in [1.165, 1.54) is 23.5 Å².